The highest BCUT2D eigenvalue weighted by molar-refractivity contribution is 5.99. The SMILES string of the molecule is O=C(CCCCCCC(=O)CC(=O)CCc1ccccc1)CC(=O)CCc1ccccc1. The lowest BCUT2D eigenvalue weighted by molar-refractivity contribution is -0.128. The molecule has 32 heavy (non-hydrogen) atoms. The molecule has 0 radical (unpaired) electrons. The molecular formula is C28H34O4. The third-order valence-corrected chi connectivity index (χ3v) is 5.52. The number of hydrogen-bond donors (Lipinski definition) is 0. The maximum Gasteiger partial charge on any atom is 0.140 e. The molecule has 0 aliphatic carbocycles. The van der Waals surface area contributed by atoms with Gasteiger partial charge in [0.1, 0.15) is 23.1 Å². The van der Waals surface area contributed by atoms with Crippen molar-refractivity contribution in [2.45, 2.75) is 77.0 Å². The molecule has 0 unspecified atom stereocenters. The summed E-state index contributed by atoms with van der Waals surface area (Å²) in [6, 6.07) is 19.6. The molecule has 0 saturated carbocycles. The molecule has 2 aromatic rings. The molecule has 170 valence electrons. The van der Waals surface area contributed by atoms with E-state index in [1.165, 1.54) is 0 Å². The zero-order valence-corrected chi connectivity index (χ0v) is 18.9. The van der Waals surface area contributed by atoms with Gasteiger partial charge in [0, 0.05) is 25.7 Å². The zero-order chi connectivity index (χ0) is 23.0. The van der Waals surface area contributed by atoms with Crippen molar-refractivity contribution in [3.05, 3.63) is 71.8 Å². The number of rotatable bonds is 17. The molecule has 2 aromatic carbocycles. The summed E-state index contributed by atoms with van der Waals surface area (Å²) in [5, 5.41) is 0. The molecular weight excluding hydrogens is 400 g/mol. The molecule has 0 saturated heterocycles. The summed E-state index contributed by atoms with van der Waals surface area (Å²) in [5.41, 5.74) is 2.22. The molecule has 0 amide bonds. The van der Waals surface area contributed by atoms with Crippen molar-refractivity contribution in [1.29, 1.82) is 0 Å². The average Bonchev–Trinajstić information content (AvgIpc) is 2.80. The molecule has 4 heteroatoms. The van der Waals surface area contributed by atoms with Crippen molar-refractivity contribution in [3.8, 4) is 0 Å². The topological polar surface area (TPSA) is 68.3 Å². The van der Waals surface area contributed by atoms with E-state index in [-0.39, 0.29) is 36.0 Å². The summed E-state index contributed by atoms with van der Waals surface area (Å²) >= 11 is 0. The molecule has 0 aromatic heterocycles. The molecule has 2 rings (SSSR count). The van der Waals surface area contributed by atoms with Crippen LogP contribution in [-0.2, 0) is 32.0 Å². The Morgan fingerprint density at radius 2 is 0.781 bits per heavy atom. The van der Waals surface area contributed by atoms with Crippen molar-refractivity contribution in [2.75, 3.05) is 0 Å². The Kier molecular flexibility index (Phi) is 11.9. The Morgan fingerprint density at radius 1 is 0.438 bits per heavy atom. The minimum atomic E-state index is 0.00128. The summed E-state index contributed by atoms with van der Waals surface area (Å²) in [6.07, 6.45) is 6.26. The van der Waals surface area contributed by atoms with Crippen molar-refractivity contribution < 1.29 is 19.2 Å². The van der Waals surface area contributed by atoms with E-state index >= 15 is 0 Å². The van der Waals surface area contributed by atoms with E-state index in [0.29, 0.717) is 38.5 Å². The van der Waals surface area contributed by atoms with Crippen LogP contribution >= 0.6 is 0 Å². The van der Waals surface area contributed by atoms with E-state index in [0.717, 1.165) is 36.8 Å². The number of hydrogen-bond acceptors (Lipinski definition) is 4. The van der Waals surface area contributed by atoms with Gasteiger partial charge in [-0.25, -0.2) is 0 Å². The lowest BCUT2D eigenvalue weighted by atomic mass is 10.0. The standard InChI is InChI=1S/C28H34O4/c29-25(21-27(31)19-17-23-11-5-3-6-12-23)15-9-1-2-10-16-26(30)22-28(32)20-18-24-13-7-4-8-14-24/h3-8,11-14H,1-2,9-10,15-22H2. The first-order valence-electron chi connectivity index (χ1n) is 11.7. The first kappa shape index (κ1) is 25.4. The fourth-order valence-corrected chi connectivity index (χ4v) is 3.65. The zero-order valence-electron chi connectivity index (χ0n) is 18.9. The molecule has 0 heterocycles. The first-order chi connectivity index (χ1) is 15.5. The maximum atomic E-state index is 12.0. The van der Waals surface area contributed by atoms with E-state index in [2.05, 4.69) is 0 Å². The van der Waals surface area contributed by atoms with Crippen LogP contribution in [0.1, 0.15) is 75.3 Å². The van der Waals surface area contributed by atoms with Crippen molar-refractivity contribution in [1.82, 2.24) is 0 Å². The number of aryl methyl sites for hydroxylation is 2. The lowest BCUT2D eigenvalue weighted by Crippen LogP contribution is -2.09. The van der Waals surface area contributed by atoms with Crippen LogP contribution < -0.4 is 0 Å². The second kappa shape index (κ2) is 15.0. The Morgan fingerprint density at radius 3 is 1.16 bits per heavy atom. The number of ketones is 4. The fraction of sp³-hybridized carbons (Fsp3) is 0.429. The van der Waals surface area contributed by atoms with Crippen LogP contribution in [0, 0.1) is 0 Å². The number of carbonyl (C=O) groups excluding carboxylic acids is 4. The normalized spacial score (nSPS) is 10.6. The van der Waals surface area contributed by atoms with Gasteiger partial charge in [-0.3, -0.25) is 19.2 Å². The second-order valence-corrected chi connectivity index (χ2v) is 8.39. The van der Waals surface area contributed by atoms with Crippen molar-refractivity contribution in [3.63, 3.8) is 0 Å². The van der Waals surface area contributed by atoms with E-state index in [4.69, 9.17) is 0 Å². The Labute approximate surface area is 191 Å². The minimum Gasteiger partial charge on any atom is -0.299 e. The summed E-state index contributed by atoms with van der Waals surface area (Å²) in [7, 11) is 0. The first-order valence-corrected chi connectivity index (χ1v) is 11.7. The van der Waals surface area contributed by atoms with Gasteiger partial charge >= 0.3 is 0 Å². The number of carbonyl (C=O) groups is 4. The van der Waals surface area contributed by atoms with Crippen molar-refractivity contribution in [2.24, 2.45) is 0 Å². The third kappa shape index (κ3) is 11.5. The second-order valence-electron chi connectivity index (χ2n) is 8.39. The molecule has 0 N–H and O–H groups in total. The number of unbranched alkanes of at least 4 members (excludes halogenated alkanes) is 3. The van der Waals surface area contributed by atoms with Gasteiger partial charge in [0.15, 0.2) is 0 Å². The van der Waals surface area contributed by atoms with Gasteiger partial charge in [-0.05, 0) is 36.8 Å². The van der Waals surface area contributed by atoms with Gasteiger partial charge in [-0.2, -0.15) is 0 Å². The molecule has 0 fully saturated rings. The highest BCUT2D eigenvalue weighted by Gasteiger charge is 2.11. The summed E-state index contributed by atoms with van der Waals surface area (Å²) in [4.78, 5) is 47.9. The smallest absolute Gasteiger partial charge is 0.140 e. The van der Waals surface area contributed by atoms with Gasteiger partial charge in [0.05, 0.1) is 12.8 Å². The molecule has 0 bridgehead atoms. The van der Waals surface area contributed by atoms with Crippen LogP contribution in [0.25, 0.3) is 0 Å². The summed E-state index contributed by atoms with van der Waals surface area (Å²) in [5.74, 6) is 0.00839. The average molecular weight is 435 g/mol. The lowest BCUT2D eigenvalue weighted by Gasteiger charge is -2.04. The van der Waals surface area contributed by atoms with Crippen LogP contribution in [-0.4, -0.2) is 23.1 Å². The molecule has 0 aliphatic heterocycles. The minimum absolute atomic E-state index is 0.00128. The monoisotopic (exact) mass is 434 g/mol. The van der Waals surface area contributed by atoms with Gasteiger partial charge in [-0.1, -0.05) is 73.5 Å². The molecule has 0 aliphatic rings. The van der Waals surface area contributed by atoms with Gasteiger partial charge in [0.25, 0.3) is 0 Å². The van der Waals surface area contributed by atoms with Gasteiger partial charge in [-0.15, -0.1) is 0 Å². The molecule has 0 spiro atoms. The van der Waals surface area contributed by atoms with E-state index in [9.17, 15) is 19.2 Å². The Balaban J connectivity index is 1.46. The molecule has 4 nitrogen and oxygen atoms in total. The fourth-order valence-electron chi connectivity index (χ4n) is 3.65. The van der Waals surface area contributed by atoms with Crippen LogP contribution in [0.2, 0.25) is 0 Å². The van der Waals surface area contributed by atoms with Crippen LogP contribution in [0.15, 0.2) is 60.7 Å². The predicted molar refractivity (Wildman–Crippen MR) is 126 cm³/mol. The quantitative estimate of drug-likeness (QED) is 0.238. The van der Waals surface area contributed by atoms with E-state index < -0.39 is 0 Å². The van der Waals surface area contributed by atoms with Crippen LogP contribution in [0.5, 0.6) is 0 Å². The highest BCUT2D eigenvalue weighted by atomic mass is 16.2. The number of Topliss-reactive ketones (excluding diaryl/α,β-unsaturated/α-hetero) is 4. The van der Waals surface area contributed by atoms with Gasteiger partial charge in [0.2, 0.25) is 0 Å². The van der Waals surface area contributed by atoms with E-state index in [1.54, 1.807) is 0 Å². The highest BCUT2D eigenvalue weighted by Crippen LogP contribution is 2.11. The number of benzene rings is 2. The maximum absolute atomic E-state index is 12.0. The van der Waals surface area contributed by atoms with E-state index in [1.807, 2.05) is 60.7 Å². The Hall–Kier alpha value is -2.88. The van der Waals surface area contributed by atoms with Crippen molar-refractivity contribution >= 4 is 23.1 Å². The Bertz CT molecular complexity index is 782. The van der Waals surface area contributed by atoms with Crippen LogP contribution in [0.3, 0.4) is 0 Å². The molecule has 0 atom stereocenters. The van der Waals surface area contributed by atoms with Crippen LogP contribution in [0.4, 0.5) is 0 Å². The third-order valence-electron chi connectivity index (χ3n) is 5.52. The summed E-state index contributed by atoms with van der Waals surface area (Å²) in [6.45, 7) is 0. The van der Waals surface area contributed by atoms with Gasteiger partial charge < -0.3 is 0 Å². The largest absolute Gasteiger partial charge is 0.299 e. The summed E-state index contributed by atoms with van der Waals surface area (Å²) < 4.78 is 0. The predicted octanol–water partition coefficient (Wildman–Crippen LogP) is 5.65.